The van der Waals surface area contributed by atoms with Gasteiger partial charge in [0.05, 0.1) is 27.7 Å². The summed E-state index contributed by atoms with van der Waals surface area (Å²) in [5, 5.41) is 16.9. The molecule has 0 aromatic heterocycles. The molecule has 0 atom stereocenters. The van der Waals surface area contributed by atoms with Gasteiger partial charge in [-0.3, -0.25) is 19.7 Å². The van der Waals surface area contributed by atoms with Gasteiger partial charge in [0.2, 0.25) is 0 Å². The molecule has 8 heteroatoms. The molecule has 2 amide bonds. The topological polar surface area (TPSA) is 96.1 Å². The predicted molar refractivity (Wildman–Crippen MR) is 130 cm³/mol. The van der Waals surface area contributed by atoms with E-state index in [0.717, 1.165) is 16.4 Å². The van der Waals surface area contributed by atoms with Gasteiger partial charge in [0.1, 0.15) is 0 Å². The summed E-state index contributed by atoms with van der Waals surface area (Å²) in [4.78, 5) is 38.9. The lowest BCUT2D eigenvalue weighted by molar-refractivity contribution is -0.383. The number of nitro groups is 1. The Morgan fingerprint density at radius 1 is 0.824 bits per heavy atom. The molecule has 1 heterocycles. The molecule has 0 spiro atoms. The van der Waals surface area contributed by atoms with Gasteiger partial charge in [0, 0.05) is 29.9 Å². The molecular weight excluding hydrogens is 432 g/mol. The molecule has 5 rings (SSSR count). The standard InChI is InChI=1S/C26H18N4O4/c1-28(18-6-3-2-4-7-18)19-12-10-17(11-13-19)16-27-29-25(31)21-9-5-8-20-23(30(33)34)15-14-22(24(20)21)26(29)32/h2-16H,1H3. The van der Waals surface area contributed by atoms with Gasteiger partial charge in [-0.15, -0.1) is 0 Å². The van der Waals surface area contributed by atoms with E-state index in [4.69, 9.17) is 0 Å². The summed E-state index contributed by atoms with van der Waals surface area (Å²) in [5.41, 5.74) is 2.97. The Hall–Kier alpha value is -4.85. The Balaban J connectivity index is 1.43. The van der Waals surface area contributed by atoms with E-state index < -0.39 is 16.7 Å². The average molecular weight is 450 g/mol. The minimum absolute atomic E-state index is 0.154. The third-order valence-corrected chi connectivity index (χ3v) is 5.81. The molecule has 1 aliphatic rings. The lowest BCUT2D eigenvalue weighted by atomic mass is 9.94. The van der Waals surface area contributed by atoms with E-state index in [1.807, 2.05) is 66.5 Å². The monoisotopic (exact) mass is 450 g/mol. The molecule has 166 valence electrons. The van der Waals surface area contributed by atoms with Crippen molar-refractivity contribution in [3.05, 3.63) is 112 Å². The largest absolute Gasteiger partial charge is 0.345 e. The summed E-state index contributed by atoms with van der Waals surface area (Å²) in [6, 6.07) is 24.7. The Bertz CT molecular complexity index is 1460. The number of imide groups is 1. The highest BCUT2D eigenvalue weighted by Gasteiger charge is 2.34. The molecule has 0 saturated carbocycles. The summed E-state index contributed by atoms with van der Waals surface area (Å²) in [6.07, 6.45) is 1.44. The zero-order valence-electron chi connectivity index (χ0n) is 18.1. The number of hydrogen-bond donors (Lipinski definition) is 0. The van der Waals surface area contributed by atoms with Gasteiger partial charge < -0.3 is 4.90 Å². The molecule has 0 unspecified atom stereocenters. The minimum atomic E-state index is -0.625. The van der Waals surface area contributed by atoms with Crippen LogP contribution in [0, 0.1) is 10.1 Å². The molecule has 0 bridgehead atoms. The van der Waals surface area contributed by atoms with Crippen molar-refractivity contribution in [3.63, 3.8) is 0 Å². The van der Waals surface area contributed by atoms with Crippen molar-refractivity contribution in [2.24, 2.45) is 5.10 Å². The molecule has 0 radical (unpaired) electrons. The molecule has 0 saturated heterocycles. The minimum Gasteiger partial charge on any atom is -0.345 e. The zero-order chi connectivity index (χ0) is 23.8. The quantitative estimate of drug-likeness (QED) is 0.181. The van der Waals surface area contributed by atoms with Crippen LogP contribution in [0.3, 0.4) is 0 Å². The third-order valence-electron chi connectivity index (χ3n) is 5.81. The fourth-order valence-electron chi connectivity index (χ4n) is 4.04. The molecule has 4 aromatic rings. The highest BCUT2D eigenvalue weighted by atomic mass is 16.6. The molecule has 0 aliphatic carbocycles. The molecule has 4 aromatic carbocycles. The summed E-state index contributed by atoms with van der Waals surface area (Å²) in [7, 11) is 1.96. The van der Waals surface area contributed by atoms with Crippen molar-refractivity contribution >= 4 is 45.9 Å². The van der Waals surface area contributed by atoms with Gasteiger partial charge in [0.25, 0.3) is 17.5 Å². The Morgan fingerprint density at radius 3 is 2.15 bits per heavy atom. The van der Waals surface area contributed by atoms with Crippen LogP contribution in [0.5, 0.6) is 0 Å². The first-order valence-electron chi connectivity index (χ1n) is 10.5. The van der Waals surface area contributed by atoms with Crippen molar-refractivity contribution in [2.45, 2.75) is 0 Å². The number of carbonyl (C=O) groups is 2. The number of para-hydroxylation sites is 1. The first-order valence-corrected chi connectivity index (χ1v) is 10.5. The number of hydrogen-bond acceptors (Lipinski definition) is 6. The molecule has 0 fully saturated rings. The second-order valence-electron chi connectivity index (χ2n) is 7.77. The number of benzene rings is 4. The number of nitrogens with zero attached hydrogens (tertiary/aromatic N) is 4. The van der Waals surface area contributed by atoms with E-state index in [1.54, 1.807) is 12.1 Å². The molecule has 8 nitrogen and oxygen atoms in total. The van der Waals surface area contributed by atoms with Crippen LogP contribution in [0.15, 0.2) is 90.0 Å². The summed E-state index contributed by atoms with van der Waals surface area (Å²) >= 11 is 0. The predicted octanol–water partition coefficient (Wildman–Crippen LogP) is 5.15. The molecular formula is C26H18N4O4. The number of nitro benzene ring substituents is 1. The summed E-state index contributed by atoms with van der Waals surface area (Å²) in [6.45, 7) is 0. The van der Waals surface area contributed by atoms with Crippen molar-refractivity contribution in [3.8, 4) is 0 Å². The first kappa shape index (κ1) is 21.0. The van der Waals surface area contributed by atoms with Gasteiger partial charge in [-0.05, 0) is 48.0 Å². The van der Waals surface area contributed by atoms with E-state index in [-0.39, 0.29) is 27.6 Å². The van der Waals surface area contributed by atoms with Gasteiger partial charge in [-0.1, -0.05) is 36.4 Å². The lowest BCUT2D eigenvalue weighted by Gasteiger charge is -2.23. The highest BCUT2D eigenvalue weighted by molar-refractivity contribution is 6.26. The molecule has 1 aliphatic heterocycles. The van der Waals surface area contributed by atoms with Gasteiger partial charge >= 0.3 is 0 Å². The van der Waals surface area contributed by atoms with E-state index in [0.29, 0.717) is 5.56 Å². The number of hydrazone groups is 1. The maximum atomic E-state index is 13.0. The van der Waals surface area contributed by atoms with Crippen LogP contribution in [-0.2, 0) is 0 Å². The highest BCUT2D eigenvalue weighted by Crippen LogP contribution is 2.35. The molecule has 0 N–H and O–H groups in total. The van der Waals surface area contributed by atoms with E-state index >= 15 is 0 Å². The average Bonchev–Trinajstić information content (AvgIpc) is 2.87. The van der Waals surface area contributed by atoms with Crippen LogP contribution in [0.25, 0.3) is 10.8 Å². The third kappa shape index (κ3) is 3.47. The SMILES string of the molecule is CN(c1ccccc1)c1ccc(C=NN2C(=O)c3cccc4c([N+](=O)[O-])ccc(c34)C2=O)cc1. The van der Waals surface area contributed by atoms with Crippen molar-refractivity contribution in [2.75, 3.05) is 11.9 Å². The van der Waals surface area contributed by atoms with Crippen molar-refractivity contribution in [1.29, 1.82) is 0 Å². The van der Waals surface area contributed by atoms with E-state index in [1.165, 1.54) is 24.4 Å². The number of carbonyl (C=O) groups excluding carboxylic acids is 2. The van der Waals surface area contributed by atoms with Crippen molar-refractivity contribution < 1.29 is 14.5 Å². The zero-order valence-corrected chi connectivity index (χ0v) is 18.1. The van der Waals surface area contributed by atoms with E-state index in [9.17, 15) is 19.7 Å². The van der Waals surface area contributed by atoms with Crippen LogP contribution < -0.4 is 4.90 Å². The van der Waals surface area contributed by atoms with Crippen LogP contribution >= 0.6 is 0 Å². The number of anilines is 2. The summed E-state index contributed by atoms with van der Waals surface area (Å²) in [5.74, 6) is -1.25. The molecule has 34 heavy (non-hydrogen) atoms. The normalized spacial score (nSPS) is 13.0. The Labute approximate surface area is 194 Å². The first-order chi connectivity index (χ1) is 16.5. The number of rotatable bonds is 5. The van der Waals surface area contributed by atoms with Gasteiger partial charge in [-0.2, -0.15) is 10.1 Å². The smallest absolute Gasteiger partial charge is 0.282 e. The van der Waals surface area contributed by atoms with Crippen LogP contribution in [0.1, 0.15) is 26.3 Å². The van der Waals surface area contributed by atoms with Crippen LogP contribution in [0.2, 0.25) is 0 Å². The lowest BCUT2D eigenvalue weighted by Crippen LogP contribution is -2.36. The second kappa shape index (κ2) is 8.25. The fourth-order valence-corrected chi connectivity index (χ4v) is 4.04. The summed E-state index contributed by atoms with van der Waals surface area (Å²) < 4.78 is 0. The van der Waals surface area contributed by atoms with Crippen LogP contribution in [-0.4, -0.2) is 35.0 Å². The van der Waals surface area contributed by atoms with Gasteiger partial charge in [-0.25, -0.2) is 0 Å². The maximum Gasteiger partial charge on any atom is 0.282 e. The van der Waals surface area contributed by atoms with E-state index in [2.05, 4.69) is 5.10 Å². The number of non-ortho nitro benzene ring substituents is 1. The maximum absolute atomic E-state index is 13.0. The van der Waals surface area contributed by atoms with Crippen molar-refractivity contribution in [1.82, 2.24) is 5.01 Å². The van der Waals surface area contributed by atoms with Crippen LogP contribution in [0.4, 0.5) is 17.1 Å². The Kier molecular flexibility index (Phi) is 5.10. The van der Waals surface area contributed by atoms with Gasteiger partial charge in [0.15, 0.2) is 0 Å². The fraction of sp³-hybridized carbons (Fsp3) is 0.0385. The second-order valence-corrected chi connectivity index (χ2v) is 7.77. The number of amides is 2. The Morgan fingerprint density at radius 2 is 1.47 bits per heavy atom.